The van der Waals surface area contributed by atoms with Crippen LogP contribution in [0, 0.1) is 0 Å². The molecule has 1 fully saturated rings. The number of nitrogens with zero attached hydrogens (tertiary/aromatic N) is 1. The second-order valence-electron chi connectivity index (χ2n) is 6.82. The van der Waals surface area contributed by atoms with Crippen LogP contribution in [0.25, 0.3) is 0 Å². The summed E-state index contributed by atoms with van der Waals surface area (Å²) in [6, 6.07) is 4.40. The van der Waals surface area contributed by atoms with E-state index < -0.39 is 0 Å². The molecule has 1 aliphatic heterocycles. The molecule has 122 valence electrons. The number of phenolic OH excluding ortho intramolecular Hbond substituents is 1. The molecular weight excluding hydrogens is 290 g/mol. The number of piperidine rings is 1. The maximum atomic E-state index is 10.9. The zero-order chi connectivity index (χ0) is 16.2. The van der Waals surface area contributed by atoms with Gasteiger partial charge in [0, 0.05) is 23.4 Å². The van der Waals surface area contributed by atoms with E-state index in [9.17, 15) is 5.11 Å². The maximum Gasteiger partial charge on any atom is 0.162 e. The highest BCUT2D eigenvalue weighted by Gasteiger charge is 2.51. The van der Waals surface area contributed by atoms with Gasteiger partial charge in [-0.3, -0.25) is 4.90 Å². The molecule has 1 aromatic carbocycles. The van der Waals surface area contributed by atoms with Gasteiger partial charge in [0.1, 0.15) is 0 Å². The van der Waals surface area contributed by atoms with Gasteiger partial charge in [0.25, 0.3) is 0 Å². The van der Waals surface area contributed by atoms with E-state index in [0.29, 0.717) is 17.5 Å². The molecule has 4 rings (SSSR count). The predicted octanol–water partition coefficient (Wildman–Crippen LogP) is 2.76. The standard InChI is InChI=1S/C19H23NO3/c1-20-9-8-19-11-13(22-2)5-6-14(19)15(20)10-12-4-7-16(23-3)18(21)17(12)19/h4-7,15,21H,8-11H2,1-3H3. The third-order valence-electron chi connectivity index (χ3n) is 5.86. The number of likely N-dealkylation sites (N-methyl/N-ethyl adjacent to an activating group) is 1. The van der Waals surface area contributed by atoms with Crippen LogP contribution < -0.4 is 4.74 Å². The summed E-state index contributed by atoms with van der Waals surface area (Å²) in [6.45, 7) is 1.02. The zero-order valence-corrected chi connectivity index (χ0v) is 13.9. The van der Waals surface area contributed by atoms with Gasteiger partial charge in [-0.1, -0.05) is 12.1 Å². The van der Waals surface area contributed by atoms with Crippen molar-refractivity contribution >= 4 is 0 Å². The third-order valence-corrected chi connectivity index (χ3v) is 5.86. The van der Waals surface area contributed by atoms with Crippen LogP contribution >= 0.6 is 0 Å². The highest BCUT2D eigenvalue weighted by Crippen LogP contribution is 2.57. The number of hydrogen-bond donors (Lipinski definition) is 1. The monoisotopic (exact) mass is 313 g/mol. The first-order valence-corrected chi connectivity index (χ1v) is 8.15. The molecule has 2 atom stereocenters. The van der Waals surface area contributed by atoms with E-state index in [1.807, 2.05) is 6.07 Å². The minimum Gasteiger partial charge on any atom is -0.504 e. The molecule has 1 heterocycles. The quantitative estimate of drug-likeness (QED) is 0.911. The number of fused-ring (bicyclic) bond motifs is 1. The molecule has 23 heavy (non-hydrogen) atoms. The van der Waals surface area contributed by atoms with Crippen LogP contribution in [0.4, 0.5) is 0 Å². The molecule has 2 aliphatic carbocycles. The number of phenols is 1. The molecule has 2 bridgehead atoms. The molecule has 0 amide bonds. The Labute approximate surface area is 137 Å². The van der Waals surface area contributed by atoms with Crippen LogP contribution in [0.5, 0.6) is 11.5 Å². The van der Waals surface area contributed by atoms with Crippen molar-refractivity contribution < 1.29 is 14.6 Å². The Kier molecular flexibility index (Phi) is 3.20. The van der Waals surface area contributed by atoms with Crippen LogP contribution in [-0.4, -0.2) is 43.9 Å². The number of likely N-dealkylation sites (tertiary alicyclic amines) is 1. The number of allylic oxidation sites excluding steroid dienone is 3. The topological polar surface area (TPSA) is 41.9 Å². The Morgan fingerprint density at radius 1 is 1.22 bits per heavy atom. The van der Waals surface area contributed by atoms with Crippen LogP contribution in [0.1, 0.15) is 24.0 Å². The van der Waals surface area contributed by atoms with E-state index in [4.69, 9.17) is 9.47 Å². The van der Waals surface area contributed by atoms with Gasteiger partial charge in [-0.15, -0.1) is 0 Å². The second kappa shape index (κ2) is 5.03. The Balaban J connectivity index is 1.98. The van der Waals surface area contributed by atoms with Crippen molar-refractivity contribution in [2.45, 2.75) is 30.7 Å². The molecule has 1 N–H and O–H groups in total. The largest absolute Gasteiger partial charge is 0.504 e. The minimum atomic E-state index is -0.163. The lowest BCUT2D eigenvalue weighted by molar-refractivity contribution is 0.146. The van der Waals surface area contributed by atoms with Crippen molar-refractivity contribution in [3.63, 3.8) is 0 Å². The van der Waals surface area contributed by atoms with Gasteiger partial charge in [-0.25, -0.2) is 0 Å². The van der Waals surface area contributed by atoms with Crippen molar-refractivity contribution in [3.8, 4) is 11.5 Å². The lowest BCUT2D eigenvalue weighted by Gasteiger charge is -2.53. The molecule has 1 aromatic rings. The van der Waals surface area contributed by atoms with Crippen molar-refractivity contribution in [1.29, 1.82) is 0 Å². The van der Waals surface area contributed by atoms with Crippen LogP contribution in [0.3, 0.4) is 0 Å². The summed E-state index contributed by atoms with van der Waals surface area (Å²) in [7, 11) is 5.53. The average Bonchev–Trinajstić information content (AvgIpc) is 2.57. The molecular formula is C19H23NO3. The first kappa shape index (κ1) is 14.6. The zero-order valence-electron chi connectivity index (χ0n) is 13.9. The van der Waals surface area contributed by atoms with Crippen molar-refractivity contribution in [2.24, 2.45) is 0 Å². The molecule has 3 aliphatic rings. The van der Waals surface area contributed by atoms with E-state index in [-0.39, 0.29) is 5.41 Å². The summed E-state index contributed by atoms with van der Waals surface area (Å²) in [5, 5.41) is 10.9. The molecule has 4 nitrogen and oxygen atoms in total. The highest BCUT2D eigenvalue weighted by molar-refractivity contribution is 5.62. The molecule has 0 aromatic heterocycles. The fourth-order valence-corrected chi connectivity index (χ4v) is 4.68. The molecule has 0 radical (unpaired) electrons. The van der Waals surface area contributed by atoms with Gasteiger partial charge in [0.15, 0.2) is 11.5 Å². The summed E-state index contributed by atoms with van der Waals surface area (Å²) in [5.74, 6) is 1.84. The minimum absolute atomic E-state index is 0.163. The number of hydrogen-bond acceptors (Lipinski definition) is 4. The van der Waals surface area contributed by atoms with Crippen LogP contribution in [0.2, 0.25) is 0 Å². The second-order valence-corrected chi connectivity index (χ2v) is 6.82. The highest BCUT2D eigenvalue weighted by atomic mass is 16.5. The number of rotatable bonds is 2. The summed E-state index contributed by atoms with van der Waals surface area (Å²) in [5.41, 5.74) is 3.52. The van der Waals surface area contributed by atoms with E-state index >= 15 is 0 Å². The van der Waals surface area contributed by atoms with E-state index in [2.05, 4.69) is 30.2 Å². The number of methoxy groups -OCH3 is 2. The van der Waals surface area contributed by atoms with E-state index in [1.54, 1.807) is 14.2 Å². The third kappa shape index (κ3) is 1.88. The van der Waals surface area contributed by atoms with Gasteiger partial charge in [0.2, 0.25) is 0 Å². The molecule has 4 heteroatoms. The Hall–Kier alpha value is -1.94. The summed E-state index contributed by atoms with van der Waals surface area (Å²) < 4.78 is 10.9. The SMILES string of the molecule is COC1=CC=C2C3Cc4ccc(OC)c(O)c4C2(CCN3C)C1. The molecule has 0 saturated carbocycles. The average molecular weight is 313 g/mol. The summed E-state index contributed by atoms with van der Waals surface area (Å²) in [6.07, 6.45) is 7.03. The Morgan fingerprint density at radius 2 is 2.04 bits per heavy atom. The summed E-state index contributed by atoms with van der Waals surface area (Å²) >= 11 is 0. The van der Waals surface area contributed by atoms with Crippen molar-refractivity contribution in [3.05, 3.63) is 46.7 Å². The van der Waals surface area contributed by atoms with Gasteiger partial charge >= 0.3 is 0 Å². The van der Waals surface area contributed by atoms with Gasteiger partial charge < -0.3 is 14.6 Å². The number of aromatic hydroxyl groups is 1. The van der Waals surface area contributed by atoms with E-state index in [0.717, 1.165) is 37.1 Å². The fourth-order valence-electron chi connectivity index (χ4n) is 4.68. The Morgan fingerprint density at radius 3 is 2.78 bits per heavy atom. The fraction of sp³-hybridized carbons (Fsp3) is 0.474. The Bertz CT molecular complexity index is 722. The van der Waals surface area contributed by atoms with Gasteiger partial charge in [0.05, 0.1) is 20.0 Å². The maximum absolute atomic E-state index is 10.9. The lowest BCUT2D eigenvalue weighted by atomic mass is 9.57. The van der Waals surface area contributed by atoms with Gasteiger partial charge in [-0.2, -0.15) is 0 Å². The smallest absolute Gasteiger partial charge is 0.162 e. The molecule has 0 spiro atoms. The normalized spacial score (nSPS) is 29.1. The number of benzene rings is 1. The van der Waals surface area contributed by atoms with Crippen molar-refractivity contribution in [1.82, 2.24) is 4.90 Å². The predicted molar refractivity (Wildman–Crippen MR) is 88.9 cm³/mol. The number of ether oxygens (including phenoxy) is 2. The van der Waals surface area contributed by atoms with E-state index in [1.165, 1.54) is 11.1 Å². The van der Waals surface area contributed by atoms with Gasteiger partial charge in [-0.05, 0) is 49.7 Å². The van der Waals surface area contributed by atoms with Crippen LogP contribution in [-0.2, 0) is 16.6 Å². The molecule has 1 saturated heterocycles. The molecule has 2 unspecified atom stereocenters. The van der Waals surface area contributed by atoms with Crippen LogP contribution in [0.15, 0.2) is 35.6 Å². The lowest BCUT2D eigenvalue weighted by Crippen LogP contribution is -2.54. The van der Waals surface area contributed by atoms with Crippen molar-refractivity contribution in [2.75, 3.05) is 27.8 Å². The first-order valence-electron chi connectivity index (χ1n) is 8.15. The first-order chi connectivity index (χ1) is 11.1. The summed E-state index contributed by atoms with van der Waals surface area (Å²) in [4.78, 5) is 2.43.